The minimum absolute atomic E-state index is 0.0664. The lowest BCUT2D eigenvalue weighted by Crippen LogP contribution is -2.57. The zero-order valence-electron chi connectivity index (χ0n) is 15.1. The maximum Gasteiger partial charge on any atom is 0.328 e. The Hall–Kier alpha value is -2.46. The monoisotopic (exact) mass is 369 g/mol. The summed E-state index contributed by atoms with van der Waals surface area (Å²) in [6.45, 7) is 4.97. The molecule has 0 spiro atoms. The SMILES string of the molecule is CC[C@H](C)[C@H](N)C(=O)N[C@@H](Cc1cnc[nH]1)C(=O)N[C@H](C(=O)O)[C@@H](C)O. The van der Waals surface area contributed by atoms with Crippen molar-refractivity contribution in [2.75, 3.05) is 0 Å². The fourth-order valence-corrected chi connectivity index (χ4v) is 2.25. The first kappa shape index (κ1) is 21.6. The van der Waals surface area contributed by atoms with Crippen LogP contribution in [0.2, 0.25) is 0 Å². The number of aliphatic carboxylic acids is 1. The van der Waals surface area contributed by atoms with E-state index in [0.29, 0.717) is 12.1 Å². The van der Waals surface area contributed by atoms with Gasteiger partial charge >= 0.3 is 5.97 Å². The topological polar surface area (TPSA) is 170 Å². The molecular weight excluding hydrogens is 342 g/mol. The zero-order chi connectivity index (χ0) is 19.9. The number of aliphatic hydroxyl groups is 1. The summed E-state index contributed by atoms with van der Waals surface area (Å²) in [6.07, 6.45) is 2.37. The average molecular weight is 369 g/mol. The maximum atomic E-state index is 12.5. The number of rotatable bonds is 10. The van der Waals surface area contributed by atoms with Gasteiger partial charge in [0, 0.05) is 18.3 Å². The second-order valence-electron chi connectivity index (χ2n) is 6.32. The number of aromatic amines is 1. The molecule has 0 fully saturated rings. The molecule has 146 valence electrons. The van der Waals surface area contributed by atoms with Gasteiger partial charge in [0.15, 0.2) is 6.04 Å². The number of hydrogen-bond donors (Lipinski definition) is 6. The summed E-state index contributed by atoms with van der Waals surface area (Å²) in [4.78, 5) is 42.7. The number of carbonyl (C=O) groups is 3. The Morgan fingerprint density at radius 2 is 1.92 bits per heavy atom. The molecule has 10 heteroatoms. The summed E-state index contributed by atoms with van der Waals surface area (Å²) in [6, 6.07) is -3.37. The first-order valence-electron chi connectivity index (χ1n) is 8.41. The van der Waals surface area contributed by atoms with Crippen LogP contribution in [0.1, 0.15) is 32.9 Å². The highest BCUT2D eigenvalue weighted by Gasteiger charge is 2.31. The van der Waals surface area contributed by atoms with Crippen molar-refractivity contribution in [1.29, 1.82) is 0 Å². The molecule has 1 rings (SSSR count). The van der Waals surface area contributed by atoms with Crippen LogP contribution >= 0.6 is 0 Å². The Morgan fingerprint density at radius 1 is 1.27 bits per heavy atom. The molecule has 1 aromatic rings. The van der Waals surface area contributed by atoms with Gasteiger partial charge in [0.25, 0.3) is 0 Å². The van der Waals surface area contributed by atoms with Gasteiger partial charge in [-0.2, -0.15) is 0 Å². The summed E-state index contributed by atoms with van der Waals surface area (Å²) in [7, 11) is 0. The number of H-pyrrole nitrogens is 1. The van der Waals surface area contributed by atoms with Crippen LogP contribution in [-0.4, -0.2) is 62.2 Å². The summed E-state index contributed by atoms with van der Waals surface area (Å²) < 4.78 is 0. The van der Waals surface area contributed by atoms with Crippen molar-refractivity contribution in [2.45, 2.75) is 57.8 Å². The van der Waals surface area contributed by atoms with Crippen LogP contribution in [0.5, 0.6) is 0 Å². The molecule has 0 radical (unpaired) electrons. The zero-order valence-corrected chi connectivity index (χ0v) is 15.1. The minimum atomic E-state index is -1.49. The van der Waals surface area contributed by atoms with E-state index in [1.807, 2.05) is 13.8 Å². The summed E-state index contributed by atoms with van der Waals surface area (Å²) >= 11 is 0. The Bertz CT molecular complexity index is 604. The molecule has 7 N–H and O–H groups in total. The quantitative estimate of drug-likeness (QED) is 0.299. The minimum Gasteiger partial charge on any atom is -0.480 e. The van der Waals surface area contributed by atoms with Crippen LogP contribution in [0.25, 0.3) is 0 Å². The third-order valence-corrected chi connectivity index (χ3v) is 4.22. The number of carbonyl (C=O) groups excluding carboxylic acids is 2. The van der Waals surface area contributed by atoms with E-state index in [-0.39, 0.29) is 12.3 Å². The van der Waals surface area contributed by atoms with Crippen LogP contribution in [0.15, 0.2) is 12.5 Å². The molecule has 1 heterocycles. The molecule has 26 heavy (non-hydrogen) atoms. The largest absolute Gasteiger partial charge is 0.480 e. The van der Waals surface area contributed by atoms with Crippen molar-refractivity contribution in [3.05, 3.63) is 18.2 Å². The third kappa shape index (κ3) is 6.12. The second kappa shape index (κ2) is 9.88. The number of carboxylic acids is 1. The van der Waals surface area contributed by atoms with Gasteiger partial charge in [-0.15, -0.1) is 0 Å². The van der Waals surface area contributed by atoms with E-state index >= 15 is 0 Å². The molecule has 2 amide bonds. The van der Waals surface area contributed by atoms with Crippen molar-refractivity contribution < 1.29 is 24.6 Å². The van der Waals surface area contributed by atoms with E-state index < -0.39 is 42.0 Å². The van der Waals surface area contributed by atoms with E-state index in [0.717, 1.165) is 0 Å². The number of nitrogens with zero attached hydrogens (tertiary/aromatic N) is 1. The Balaban J connectivity index is 2.91. The fraction of sp³-hybridized carbons (Fsp3) is 0.625. The number of amides is 2. The Morgan fingerprint density at radius 3 is 2.38 bits per heavy atom. The van der Waals surface area contributed by atoms with Crippen LogP contribution in [0.3, 0.4) is 0 Å². The molecule has 0 aliphatic heterocycles. The Labute approximate surface area is 151 Å². The van der Waals surface area contributed by atoms with E-state index in [1.54, 1.807) is 0 Å². The molecule has 1 aromatic heterocycles. The van der Waals surface area contributed by atoms with Crippen LogP contribution in [-0.2, 0) is 20.8 Å². The van der Waals surface area contributed by atoms with Gasteiger partial charge in [0.1, 0.15) is 6.04 Å². The standard InChI is InChI=1S/C16H27N5O5/c1-4-8(2)12(17)15(24)20-11(5-10-6-18-7-19-10)14(23)21-13(9(3)22)16(25)26/h6-9,11-13,22H,4-5,17H2,1-3H3,(H,18,19)(H,20,24)(H,21,23)(H,25,26)/t8-,9+,11-,12-,13-/m0/s1. The molecule has 0 bridgehead atoms. The summed E-state index contributed by atoms with van der Waals surface area (Å²) in [5.74, 6) is -2.72. The number of carboxylic acid groups (broad SMARTS) is 1. The predicted octanol–water partition coefficient (Wildman–Crippen LogP) is -1.24. The lowest BCUT2D eigenvalue weighted by atomic mass is 9.98. The number of aliphatic hydroxyl groups excluding tert-OH is 1. The van der Waals surface area contributed by atoms with E-state index in [2.05, 4.69) is 20.6 Å². The third-order valence-electron chi connectivity index (χ3n) is 4.22. The van der Waals surface area contributed by atoms with Crippen molar-refractivity contribution >= 4 is 17.8 Å². The van der Waals surface area contributed by atoms with Gasteiger partial charge in [-0.1, -0.05) is 20.3 Å². The van der Waals surface area contributed by atoms with Crippen molar-refractivity contribution in [3.8, 4) is 0 Å². The van der Waals surface area contributed by atoms with Crippen molar-refractivity contribution in [1.82, 2.24) is 20.6 Å². The average Bonchev–Trinajstić information content (AvgIpc) is 3.09. The number of nitrogens with two attached hydrogens (primary N) is 1. The lowest BCUT2D eigenvalue weighted by Gasteiger charge is -2.25. The molecule has 10 nitrogen and oxygen atoms in total. The van der Waals surface area contributed by atoms with Crippen LogP contribution in [0, 0.1) is 5.92 Å². The van der Waals surface area contributed by atoms with E-state index in [1.165, 1.54) is 19.4 Å². The van der Waals surface area contributed by atoms with Gasteiger partial charge in [0.05, 0.1) is 18.5 Å². The molecule has 0 aliphatic rings. The van der Waals surface area contributed by atoms with Gasteiger partial charge in [0.2, 0.25) is 11.8 Å². The highest BCUT2D eigenvalue weighted by atomic mass is 16.4. The number of imidazole rings is 1. The van der Waals surface area contributed by atoms with Gasteiger partial charge in [-0.25, -0.2) is 9.78 Å². The molecule has 0 aliphatic carbocycles. The summed E-state index contributed by atoms with van der Waals surface area (Å²) in [5.41, 5.74) is 6.47. The van der Waals surface area contributed by atoms with Gasteiger partial charge < -0.3 is 31.6 Å². The van der Waals surface area contributed by atoms with Crippen molar-refractivity contribution in [3.63, 3.8) is 0 Å². The van der Waals surface area contributed by atoms with Gasteiger partial charge in [-0.3, -0.25) is 9.59 Å². The Kier molecular flexibility index (Phi) is 8.20. The molecule has 0 saturated heterocycles. The highest BCUT2D eigenvalue weighted by Crippen LogP contribution is 2.07. The predicted molar refractivity (Wildman–Crippen MR) is 92.9 cm³/mol. The second-order valence-corrected chi connectivity index (χ2v) is 6.32. The highest BCUT2D eigenvalue weighted by molar-refractivity contribution is 5.92. The fourth-order valence-electron chi connectivity index (χ4n) is 2.25. The van der Waals surface area contributed by atoms with Crippen LogP contribution in [0.4, 0.5) is 0 Å². The van der Waals surface area contributed by atoms with Gasteiger partial charge in [-0.05, 0) is 12.8 Å². The number of hydrogen-bond acceptors (Lipinski definition) is 6. The molecule has 0 saturated carbocycles. The van der Waals surface area contributed by atoms with Crippen LogP contribution < -0.4 is 16.4 Å². The smallest absolute Gasteiger partial charge is 0.328 e. The first-order chi connectivity index (χ1) is 12.2. The molecule has 5 atom stereocenters. The maximum absolute atomic E-state index is 12.5. The first-order valence-corrected chi connectivity index (χ1v) is 8.41. The van der Waals surface area contributed by atoms with Crippen molar-refractivity contribution in [2.24, 2.45) is 11.7 Å². The molecule has 0 aromatic carbocycles. The normalized spacial score (nSPS) is 16.8. The van der Waals surface area contributed by atoms with E-state index in [4.69, 9.17) is 10.8 Å². The molecule has 0 unspecified atom stereocenters. The lowest BCUT2D eigenvalue weighted by molar-refractivity contribution is -0.145. The molecular formula is C16H27N5O5. The van der Waals surface area contributed by atoms with E-state index in [9.17, 15) is 19.5 Å². The summed E-state index contributed by atoms with van der Waals surface area (Å²) in [5, 5.41) is 23.4. The number of nitrogens with one attached hydrogen (secondary N) is 3. The number of aromatic nitrogens is 2.